The molecule has 27 heavy (non-hydrogen) atoms. The number of likely N-dealkylation sites (N-methyl/N-ethyl adjacent to an activating group) is 1. The highest BCUT2D eigenvalue weighted by Crippen LogP contribution is 2.27. The van der Waals surface area contributed by atoms with Crippen LogP contribution in [0.5, 0.6) is 0 Å². The lowest BCUT2D eigenvalue weighted by Crippen LogP contribution is -2.59. The molecule has 1 unspecified atom stereocenters. The number of anilines is 1. The van der Waals surface area contributed by atoms with Crippen LogP contribution in [0.1, 0.15) is 25.6 Å². The monoisotopic (exact) mass is 366 g/mol. The quantitative estimate of drug-likeness (QED) is 0.779. The van der Waals surface area contributed by atoms with E-state index in [-0.39, 0.29) is 6.54 Å². The molecule has 0 N–H and O–H groups in total. The number of carbonyl (C=O) groups is 3. The lowest BCUT2D eigenvalue weighted by atomic mass is 10.1. The van der Waals surface area contributed by atoms with Gasteiger partial charge in [-0.05, 0) is 38.1 Å². The number of pyridine rings is 1. The number of benzene rings is 1. The molecule has 1 aliphatic rings. The highest BCUT2D eigenvalue weighted by atomic mass is 16.2. The summed E-state index contributed by atoms with van der Waals surface area (Å²) in [5, 5.41) is 0. The molecule has 1 aromatic carbocycles. The summed E-state index contributed by atoms with van der Waals surface area (Å²) in [6.45, 7) is 4.62. The molecule has 1 aromatic heterocycles. The van der Waals surface area contributed by atoms with Gasteiger partial charge in [-0.2, -0.15) is 0 Å². The van der Waals surface area contributed by atoms with E-state index in [0.717, 1.165) is 4.90 Å². The maximum absolute atomic E-state index is 13.3. The summed E-state index contributed by atoms with van der Waals surface area (Å²) in [6, 6.07) is 13.6. The summed E-state index contributed by atoms with van der Waals surface area (Å²) in [5.41, 5.74) is 1.33. The van der Waals surface area contributed by atoms with Crippen LogP contribution in [0.25, 0.3) is 0 Å². The van der Waals surface area contributed by atoms with Gasteiger partial charge in [-0.1, -0.05) is 24.3 Å². The molecule has 3 rings (SSSR count). The van der Waals surface area contributed by atoms with Crippen molar-refractivity contribution in [3.8, 4) is 0 Å². The molecule has 0 radical (unpaired) electrons. The second kappa shape index (κ2) is 7.99. The Balaban J connectivity index is 1.95. The number of hydrogen-bond donors (Lipinski definition) is 0. The van der Waals surface area contributed by atoms with E-state index in [0.29, 0.717) is 24.5 Å². The molecule has 4 amide bonds. The normalized spacial score (nSPS) is 15.6. The van der Waals surface area contributed by atoms with Gasteiger partial charge in [-0.25, -0.2) is 4.79 Å². The second-order valence-electron chi connectivity index (χ2n) is 6.26. The third-order valence-electron chi connectivity index (χ3n) is 4.67. The molecule has 1 fully saturated rings. The summed E-state index contributed by atoms with van der Waals surface area (Å²) in [5.74, 6) is -1.43. The molecule has 2 aromatic rings. The smallest absolute Gasteiger partial charge is 0.332 e. The number of aromatic nitrogens is 1. The van der Waals surface area contributed by atoms with Crippen LogP contribution in [0.3, 0.4) is 0 Å². The Morgan fingerprint density at radius 1 is 1.07 bits per heavy atom. The summed E-state index contributed by atoms with van der Waals surface area (Å²) in [7, 11) is 0. The third-order valence-corrected chi connectivity index (χ3v) is 4.67. The van der Waals surface area contributed by atoms with Gasteiger partial charge < -0.3 is 4.90 Å². The largest absolute Gasteiger partial charge is 0.333 e. The van der Waals surface area contributed by atoms with E-state index >= 15 is 0 Å². The predicted octanol–water partition coefficient (Wildman–Crippen LogP) is 2.46. The molecule has 140 valence electrons. The molecular weight excluding hydrogens is 344 g/mol. The van der Waals surface area contributed by atoms with Crippen LogP contribution in [0.15, 0.2) is 54.7 Å². The number of amides is 4. The average molecular weight is 366 g/mol. The first kappa shape index (κ1) is 18.6. The third kappa shape index (κ3) is 3.67. The number of carbonyl (C=O) groups excluding carboxylic acids is 3. The Hall–Kier alpha value is -3.22. The Kier molecular flexibility index (Phi) is 5.49. The van der Waals surface area contributed by atoms with Gasteiger partial charge in [0.25, 0.3) is 0 Å². The minimum absolute atomic E-state index is 0.176. The summed E-state index contributed by atoms with van der Waals surface area (Å²) >= 11 is 0. The van der Waals surface area contributed by atoms with Gasteiger partial charge >= 0.3 is 17.8 Å². The molecule has 0 bridgehead atoms. The van der Waals surface area contributed by atoms with Crippen molar-refractivity contribution < 1.29 is 14.4 Å². The Morgan fingerprint density at radius 3 is 2.41 bits per heavy atom. The number of piperazine rings is 1. The highest BCUT2D eigenvalue weighted by Gasteiger charge is 2.39. The molecule has 0 spiro atoms. The maximum atomic E-state index is 13.3. The lowest BCUT2D eigenvalue weighted by Gasteiger charge is -2.37. The molecule has 2 heterocycles. The molecule has 1 saturated heterocycles. The number of para-hydroxylation sites is 1. The number of imide groups is 1. The van der Waals surface area contributed by atoms with E-state index in [1.54, 1.807) is 24.4 Å². The van der Waals surface area contributed by atoms with Crippen LogP contribution in [-0.2, 0) is 9.59 Å². The zero-order valence-electron chi connectivity index (χ0n) is 15.4. The number of rotatable bonds is 4. The van der Waals surface area contributed by atoms with Gasteiger partial charge in [-0.15, -0.1) is 0 Å². The minimum atomic E-state index is -0.790. The second-order valence-corrected chi connectivity index (χ2v) is 6.26. The van der Waals surface area contributed by atoms with Crippen LogP contribution in [-0.4, -0.2) is 52.3 Å². The molecule has 0 saturated carbocycles. The molecular formula is C20H22N4O3. The topological polar surface area (TPSA) is 73.8 Å². The lowest BCUT2D eigenvalue weighted by molar-refractivity contribution is -0.153. The zero-order chi connectivity index (χ0) is 19.4. The SMILES string of the molecule is CCN1CCN(C(=O)N(c2ccccc2)C(C)c2ccccn2)C(=O)C1=O. The van der Waals surface area contributed by atoms with E-state index in [1.807, 2.05) is 44.2 Å². The van der Waals surface area contributed by atoms with Gasteiger partial charge in [0, 0.05) is 31.5 Å². The average Bonchev–Trinajstić information content (AvgIpc) is 2.71. The van der Waals surface area contributed by atoms with E-state index in [4.69, 9.17) is 0 Å². The summed E-state index contributed by atoms with van der Waals surface area (Å²) in [4.78, 5) is 46.3. The van der Waals surface area contributed by atoms with Gasteiger partial charge in [-0.3, -0.25) is 24.4 Å². The summed E-state index contributed by atoms with van der Waals surface area (Å²) < 4.78 is 0. The fourth-order valence-corrected chi connectivity index (χ4v) is 3.13. The standard InChI is InChI=1S/C20H22N4O3/c1-3-22-13-14-23(19(26)18(22)25)20(27)24(16-9-5-4-6-10-16)15(2)17-11-7-8-12-21-17/h4-12,15H,3,13-14H2,1-2H3. The highest BCUT2D eigenvalue weighted by molar-refractivity contribution is 6.38. The van der Waals surface area contributed by atoms with Crippen molar-refractivity contribution in [1.82, 2.24) is 14.8 Å². The molecule has 0 aliphatic carbocycles. The van der Waals surface area contributed by atoms with Crippen molar-refractivity contribution in [1.29, 1.82) is 0 Å². The molecule has 7 nitrogen and oxygen atoms in total. The van der Waals surface area contributed by atoms with Crippen LogP contribution in [0.2, 0.25) is 0 Å². The fourth-order valence-electron chi connectivity index (χ4n) is 3.13. The Labute approximate surface area is 158 Å². The first-order valence-corrected chi connectivity index (χ1v) is 8.94. The zero-order valence-corrected chi connectivity index (χ0v) is 15.4. The van der Waals surface area contributed by atoms with Crippen molar-refractivity contribution in [3.63, 3.8) is 0 Å². The minimum Gasteiger partial charge on any atom is -0.333 e. The van der Waals surface area contributed by atoms with Crippen LogP contribution < -0.4 is 4.90 Å². The molecule has 1 aliphatic heterocycles. The van der Waals surface area contributed by atoms with Crippen molar-refractivity contribution in [2.45, 2.75) is 19.9 Å². The van der Waals surface area contributed by atoms with E-state index in [9.17, 15) is 14.4 Å². The summed E-state index contributed by atoms with van der Waals surface area (Å²) in [6.07, 6.45) is 1.66. The van der Waals surface area contributed by atoms with E-state index in [2.05, 4.69) is 4.98 Å². The van der Waals surface area contributed by atoms with Crippen LogP contribution in [0, 0.1) is 0 Å². The van der Waals surface area contributed by atoms with Crippen LogP contribution >= 0.6 is 0 Å². The van der Waals surface area contributed by atoms with Crippen molar-refractivity contribution >= 4 is 23.5 Å². The first-order chi connectivity index (χ1) is 13.0. The van der Waals surface area contributed by atoms with E-state index in [1.165, 1.54) is 9.80 Å². The van der Waals surface area contributed by atoms with Crippen molar-refractivity contribution in [3.05, 3.63) is 60.4 Å². The van der Waals surface area contributed by atoms with Gasteiger partial charge in [0.1, 0.15) is 0 Å². The number of nitrogens with zero attached hydrogens (tertiary/aromatic N) is 4. The molecule has 1 atom stereocenters. The Morgan fingerprint density at radius 2 is 1.78 bits per heavy atom. The van der Waals surface area contributed by atoms with Gasteiger partial charge in [0.15, 0.2) is 0 Å². The van der Waals surface area contributed by atoms with Crippen molar-refractivity contribution in [2.24, 2.45) is 0 Å². The molecule has 7 heteroatoms. The fraction of sp³-hybridized carbons (Fsp3) is 0.300. The number of hydrogen-bond acceptors (Lipinski definition) is 4. The van der Waals surface area contributed by atoms with Crippen LogP contribution in [0.4, 0.5) is 10.5 Å². The first-order valence-electron chi connectivity index (χ1n) is 8.94. The number of urea groups is 1. The van der Waals surface area contributed by atoms with E-state index < -0.39 is 23.9 Å². The van der Waals surface area contributed by atoms with Gasteiger partial charge in [0.2, 0.25) is 0 Å². The maximum Gasteiger partial charge on any atom is 0.332 e. The van der Waals surface area contributed by atoms with Gasteiger partial charge in [0.05, 0.1) is 11.7 Å². The predicted molar refractivity (Wildman–Crippen MR) is 101 cm³/mol. The Bertz CT molecular complexity index is 826. The van der Waals surface area contributed by atoms with Crippen molar-refractivity contribution in [2.75, 3.05) is 24.5 Å².